The Balaban J connectivity index is 1.94. The van der Waals surface area contributed by atoms with E-state index >= 15 is 0 Å². The van der Waals surface area contributed by atoms with E-state index in [-0.39, 0.29) is 16.6 Å². The second-order valence-corrected chi connectivity index (χ2v) is 5.99. The zero-order valence-corrected chi connectivity index (χ0v) is 14.5. The molecule has 0 saturated carbocycles. The van der Waals surface area contributed by atoms with Gasteiger partial charge in [-0.3, -0.25) is 4.57 Å². The quantitative estimate of drug-likeness (QED) is 0.520. The van der Waals surface area contributed by atoms with Gasteiger partial charge in [0.25, 0.3) is 6.08 Å². The van der Waals surface area contributed by atoms with Gasteiger partial charge >= 0.3 is 0 Å². The molecule has 0 aliphatic carbocycles. The summed E-state index contributed by atoms with van der Waals surface area (Å²) in [6.45, 7) is 1.29. The molecule has 0 unspecified atom stereocenters. The third-order valence-corrected chi connectivity index (χ3v) is 4.41. The lowest BCUT2D eigenvalue weighted by molar-refractivity contribution is 0.399. The molecule has 27 heavy (non-hydrogen) atoms. The van der Waals surface area contributed by atoms with Crippen molar-refractivity contribution in [3.05, 3.63) is 71.9 Å². The summed E-state index contributed by atoms with van der Waals surface area (Å²) >= 11 is 0. The molecule has 0 aliphatic heterocycles. The molecule has 2 aromatic carbocycles. The molecule has 0 N–H and O–H groups in total. The predicted molar refractivity (Wildman–Crippen MR) is 95.5 cm³/mol. The number of rotatable bonds is 3. The molecule has 0 fully saturated rings. The molecule has 4 nitrogen and oxygen atoms in total. The SMILES string of the molecule is COc1ncccc1-c1cccc(-n2c(F)nc3c(F)c(C)c(F)cc32)c1. The lowest BCUT2D eigenvalue weighted by Crippen LogP contribution is -1.99. The van der Waals surface area contributed by atoms with Gasteiger partial charge in [0, 0.05) is 23.4 Å². The fourth-order valence-electron chi connectivity index (χ4n) is 3.04. The maximum absolute atomic E-state index is 14.5. The van der Waals surface area contributed by atoms with Gasteiger partial charge in [-0.15, -0.1) is 0 Å². The molecule has 0 saturated heterocycles. The van der Waals surface area contributed by atoms with Crippen molar-refractivity contribution in [1.82, 2.24) is 14.5 Å². The number of hydrogen-bond acceptors (Lipinski definition) is 3. The highest BCUT2D eigenvalue weighted by Gasteiger charge is 2.20. The molecular weight excluding hydrogens is 355 g/mol. The first-order valence-corrected chi connectivity index (χ1v) is 8.13. The first-order valence-electron chi connectivity index (χ1n) is 8.13. The van der Waals surface area contributed by atoms with Gasteiger partial charge in [-0.1, -0.05) is 12.1 Å². The highest BCUT2D eigenvalue weighted by molar-refractivity contribution is 5.80. The fourth-order valence-corrected chi connectivity index (χ4v) is 3.04. The number of methoxy groups -OCH3 is 1. The van der Waals surface area contributed by atoms with Crippen LogP contribution in [0.3, 0.4) is 0 Å². The zero-order chi connectivity index (χ0) is 19.1. The number of pyridine rings is 1. The van der Waals surface area contributed by atoms with Crippen molar-refractivity contribution < 1.29 is 17.9 Å². The van der Waals surface area contributed by atoms with Crippen LogP contribution in [0.2, 0.25) is 0 Å². The van der Waals surface area contributed by atoms with E-state index in [1.165, 1.54) is 14.0 Å². The molecule has 2 heterocycles. The maximum atomic E-state index is 14.5. The van der Waals surface area contributed by atoms with Crippen LogP contribution in [0.15, 0.2) is 48.7 Å². The Morgan fingerprint density at radius 3 is 2.63 bits per heavy atom. The Hall–Kier alpha value is -3.35. The van der Waals surface area contributed by atoms with E-state index < -0.39 is 17.7 Å². The van der Waals surface area contributed by atoms with Gasteiger partial charge in [0.15, 0.2) is 5.82 Å². The highest BCUT2D eigenvalue weighted by atomic mass is 19.1. The van der Waals surface area contributed by atoms with E-state index in [1.807, 2.05) is 12.1 Å². The standard InChI is InChI=1S/C20H14F3N3O/c1-11-15(21)10-16-18(17(11)22)25-20(23)26(16)13-6-3-5-12(9-13)14-7-4-8-24-19(14)27-2/h3-10H,1-2H3. The summed E-state index contributed by atoms with van der Waals surface area (Å²) < 4.78 is 49.2. The van der Waals surface area contributed by atoms with E-state index in [9.17, 15) is 13.2 Å². The van der Waals surface area contributed by atoms with Crippen molar-refractivity contribution in [2.75, 3.05) is 7.11 Å². The number of halogens is 3. The van der Waals surface area contributed by atoms with Crippen molar-refractivity contribution in [2.24, 2.45) is 0 Å². The Kier molecular flexibility index (Phi) is 4.07. The van der Waals surface area contributed by atoms with E-state index in [1.54, 1.807) is 30.5 Å². The largest absolute Gasteiger partial charge is 0.481 e. The molecule has 4 aromatic rings. The number of hydrogen-bond donors (Lipinski definition) is 0. The maximum Gasteiger partial charge on any atom is 0.294 e. The Labute approximate surface area is 152 Å². The minimum Gasteiger partial charge on any atom is -0.481 e. The van der Waals surface area contributed by atoms with Gasteiger partial charge in [0.2, 0.25) is 5.88 Å². The van der Waals surface area contributed by atoms with E-state index in [0.717, 1.165) is 10.6 Å². The second-order valence-electron chi connectivity index (χ2n) is 5.99. The molecule has 136 valence electrons. The Morgan fingerprint density at radius 2 is 1.85 bits per heavy atom. The smallest absolute Gasteiger partial charge is 0.294 e. The van der Waals surface area contributed by atoms with Crippen LogP contribution in [0.5, 0.6) is 5.88 Å². The lowest BCUT2D eigenvalue weighted by atomic mass is 10.1. The average molecular weight is 369 g/mol. The van der Waals surface area contributed by atoms with Gasteiger partial charge in [0.05, 0.1) is 18.3 Å². The minimum atomic E-state index is -0.927. The summed E-state index contributed by atoms with van der Waals surface area (Å²) in [7, 11) is 1.51. The number of fused-ring (bicyclic) bond motifs is 1. The summed E-state index contributed by atoms with van der Waals surface area (Å²) in [5.74, 6) is -1.21. The molecule has 0 aliphatic rings. The van der Waals surface area contributed by atoms with Gasteiger partial charge in [-0.25, -0.2) is 13.8 Å². The zero-order valence-electron chi connectivity index (χ0n) is 14.5. The van der Waals surface area contributed by atoms with Crippen LogP contribution in [0.4, 0.5) is 13.2 Å². The summed E-state index contributed by atoms with van der Waals surface area (Å²) in [5, 5.41) is 0. The number of imidazole rings is 1. The van der Waals surface area contributed by atoms with Crippen molar-refractivity contribution >= 4 is 11.0 Å². The van der Waals surface area contributed by atoms with Crippen LogP contribution in [0.1, 0.15) is 5.56 Å². The minimum absolute atomic E-state index is 0.0170. The number of benzene rings is 2. The van der Waals surface area contributed by atoms with E-state index in [2.05, 4.69) is 9.97 Å². The third kappa shape index (κ3) is 2.71. The van der Waals surface area contributed by atoms with Crippen LogP contribution in [0, 0.1) is 24.6 Å². The van der Waals surface area contributed by atoms with Gasteiger partial charge in [-0.05, 0) is 36.8 Å². The number of nitrogens with zero attached hydrogens (tertiary/aromatic N) is 3. The lowest BCUT2D eigenvalue weighted by Gasteiger charge is -2.10. The van der Waals surface area contributed by atoms with Gasteiger partial charge in [-0.2, -0.15) is 9.37 Å². The van der Waals surface area contributed by atoms with Crippen LogP contribution >= 0.6 is 0 Å². The molecule has 7 heteroatoms. The van der Waals surface area contributed by atoms with Crippen LogP contribution in [-0.4, -0.2) is 21.6 Å². The molecule has 0 atom stereocenters. The molecule has 4 rings (SSSR count). The molecular formula is C20H14F3N3O. The third-order valence-electron chi connectivity index (χ3n) is 4.41. The van der Waals surface area contributed by atoms with Gasteiger partial charge < -0.3 is 4.74 Å². The highest BCUT2D eigenvalue weighted by Crippen LogP contribution is 2.31. The van der Waals surface area contributed by atoms with Crippen LogP contribution in [0.25, 0.3) is 27.8 Å². The van der Waals surface area contributed by atoms with Crippen LogP contribution in [-0.2, 0) is 0 Å². The summed E-state index contributed by atoms with van der Waals surface area (Å²) in [6, 6.07) is 11.5. The predicted octanol–water partition coefficient (Wildman–Crippen LogP) is 4.82. The molecule has 2 aromatic heterocycles. The normalized spacial score (nSPS) is 11.1. The van der Waals surface area contributed by atoms with Gasteiger partial charge in [0.1, 0.15) is 11.3 Å². The summed E-state index contributed by atoms with van der Waals surface area (Å²) in [5.41, 5.74) is 1.41. The van der Waals surface area contributed by atoms with Crippen molar-refractivity contribution in [3.63, 3.8) is 0 Å². The Morgan fingerprint density at radius 1 is 1.04 bits per heavy atom. The van der Waals surface area contributed by atoms with Crippen molar-refractivity contribution in [2.45, 2.75) is 6.92 Å². The number of ether oxygens (including phenoxy) is 1. The monoisotopic (exact) mass is 369 g/mol. The molecule has 0 bridgehead atoms. The van der Waals surface area contributed by atoms with Crippen molar-refractivity contribution in [1.29, 1.82) is 0 Å². The van der Waals surface area contributed by atoms with Crippen molar-refractivity contribution in [3.8, 4) is 22.7 Å². The van der Waals surface area contributed by atoms with E-state index in [4.69, 9.17) is 4.74 Å². The molecule has 0 amide bonds. The first-order chi connectivity index (χ1) is 13.0. The van der Waals surface area contributed by atoms with Crippen LogP contribution < -0.4 is 4.74 Å². The van der Waals surface area contributed by atoms with E-state index in [0.29, 0.717) is 22.7 Å². The molecule has 0 radical (unpaired) electrons. The second kappa shape index (κ2) is 6.42. The number of aromatic nitrogens is 3. The Bertz CT molecular complexity index is 1170. The topological polar surface area (TPSA) is 39.9 Å². The first kappa shape index (κ1) is 17.1. The summed E-state index contributed by atoms with van der Waals surface area (Å²) in [6.07, 6.45) is 0.674. The average Bonchev–Trinajstić information content (AvgIpc) is 3.02. The fraction of sp³-hybridized carbons (Fsp3) is 0.100. The summed E-state index contributed by atoms with van der Waals surface area (Å²) in [4.78, 5) is 7.80. The molecule has 0 spiro atoms.